The van der Waals surface area contributed by atoms with Gasteiger partial charge in [-0.1, -0.05) is 0 Å². The second kappa shape index (κ2) is 3.21. The summed E-state index contributed by atoms with van der Waals surface area (Å²) in [5, 5.41) is 3.17. The highest BCUT2D eigenvalue weighted by molar-refractivity contribution is 5.94. The molecule has 2 rings (SSSR count). The number of nitrogen functional groups attached to an aromatic ring is 1. The quantitative estimate of drug-likeness (QED) is 0.515. The van der Waals surface area contributed by atoms with Gasteiger partial charge in [0.1, 0.15) is 0 Å². The molecule has 1 aliphatic rings. The topological polar surface area (TPSA) is 64.3 Å². The zero-order valence-electron chi connectivity index (χ0n) is 7.96. The largest absolute Gasteiger partial charge is 0.465 e. The van der Waals surface area contributed by atoms with E-state index in [2.05, 4.69) is 5.32 Å². The van der Waals surface area contributed by atoms with Crippen LogP contribution in [0.5, 0.6) is 0 Å². The molecule has 0 fully saturated rings. The van der Waals surface area contributed by atoms with Crippen molar-refractivity contribution in [2.45, 2.75) is 6.42 Å². The molecule has 4 heteroatoms. The maximum atomic E-state index is 11.4. The molecule has 0 aromatic heterocycles. The van der Waals surface area contributed by atoms with E-state index in [4.69, 9.17) is 10.5 Å². The lowest BCUT2D eigenvalue weighted by Crippen LogP contribution is -2.05. The lowest BCUT2D eigenvalue weighted by molar-refractivity contribution is 0.0600. The molecule has 0 bridgehead atoms. The summed E-state index contributed by atoms with van der Waals surface area (Å²) in [6, 6.07) is 3.51. The van der Waals surface area contributed by atoms with Crippen LogP contribution in [0, 0.1) is 0 Å². The molecule has 74 valence electrons. The molecule has 14 heavy (non-hydrogen) atoms. The lowest BCUT2D eigenvalue weighted by atomic mass is 10.0. The molecule has 0 amide bonds. The maximum absolute atomic E-state index is 11.4. The first-order chi connectivity index (χ1) is 6.72. The van der Waals surface area contributed by atoms with Gasteiger partial charge in [-0.2, -0.15) is 0 Å². The van der Waals surface area contributed by atoms with Crippen LogP contribution in [-0.2, 0) is 11.2 Å². The van der Waals surface area contributed by atoms with Crippen molar-refractivity contribution in [1.82, 2.24) is 0 Å². The number of carbonyl (C=O) groups is 1. The third-order valence-corrected chi connectivity index (χ3v) is 2.37. The van der Waals surface area contributed by atoms with Gasteiger partial charge < -0.3 is 15.8 Å². The van der Waals surface area contributed by atoms with Crippen molar-refractivity contribution >= 4 is 17.3 Å². The second-order valence-corrected chi connectivity index (χ2v) is 3.26. The third kappa shape index (κ3) is 1.28. The molecule has 4 nitrogen and oxygen atoms in total. The zero-order chi connectivity index (χ0) is 10.1. The maximum Gasteiger partial charge on any atom is 0.338 e. The van der Waals surface area contributed by atoms with E-state index in [1.54, 1.807) is 6.07 Å². The van der Waals surface area contributed by atoms with Gasteiger partial charge in [-0.3, -0.25) is 0 Å². The van der Waals surface area contributed by atoms with E-state index in [1.165, 1.54) is 7.11 Å². The predicted molar refractivity (Wildman–Crippen MR) is 54.4 cm³/mol. The number of hydrogen-bond donors (Lipinski definition) is 2. The highest BCUT2D eigenvalue weighted by atomic mass is 16.5. The number of nitrogens with two attached hydrogens (primary N) is 1. The Morgan fingerprint density at radius 2 is 2.36 bits per heavy atom. The smallest absolute Gasteiger partial charge is 0.338 e. The fourth-order valence-electron chi connectivity index (χ4n) is 1.74. The number of esters is 1. The molecule has 0 saturated heterocycles. The van der Waals surface area contributed by atoms with E-state index < -0.39 is 0 Å². The summed E-state index contributed by atoms with van der Waals surface area (Å²) >= 11 is 0. The Labute approximate surface area is 82.1 Å². The molecule has 1 aliphatic heterocycles. The molecule has 0 atom stereocenters. The van der Waals surface area contributed by atoms with E-state index in [0.717, 1.165) is 24.2 Å². The average Bonchev–Trinajstić information content (AvgIpc) is 2.62. The highest BCUT2D eigenvalue weighted by Gasteiger charge is 2.19. The van der Waals surface area contributed by atoms with Crippen molar-refractivity contribution in [3.05, 3.63) is 23.3 Å². The van der Waals surface area contributed by atoms with Crippen LogP contribution in [0.2, 0.25) is 0 Å². The predicted octanol–water partition coefficient (Wildman–Crippen LogP) is 1.02. The summed E-state index contributed by atoms with van der Waals surface area (Å²) in [5.74, 6) is -0.322. The molecule has 1 aromatic carbocycles. The first-order valence-electron chi connectivity index (χ1n) is 4.47. The minimum absolute atomic E-state index is 0.322. The SMILES string of the molecule is COC(=O)c1cc(N)cc2c1CCN2. The highest BCUT2D eigenvalue weighted by Crippen LogP contribution is 2.28. The van der Waals surface area contributed by atoms with Crippen LogP contribution in [0.1, 0.15) is 15.9 Å². The Hall–Kier alpha value is -1.71. The number of carbonyl (C=O) groups excluding carboxylic acids is 1. The Kier molecular flexibility index (Phi) is 2.04. The van der Waals surface area contributed by atoms with Gasteiger partial charge in [0, 0.05) is 17.9 Å². The number of methoxy groups -OCH3 is 1. The minimum atomic E-state index is -0.322. The van der Waals surface area contributed by atoms with Crippen molar-refractivity contribution in [3.63, 3.8) is 0 Å². The van der Waals surface area contributed by atoms with Gasteiger partial charge in [0.05, 0.1) is 12.7 Å². The van der Waals surface area contributed by atoms with Crippen LogP contribution in [0.25, 0.3) is 0 Å². The van der Waals surface area contributed by atoms with Crippen LogP contribution in [0.3, 0.4) is 0 Å². The molecular formula is C10H12N2O2. The van der Waals surface area contributed by atoms with E-state index >= 15 is 0 Å². The second-order valence-electron chi connectivity index (χ2n) is 3.26. The van der Waals surface area contributed by atoms with Gasteiger partial charge in [-0.15, -0.1) is 0 Å². The summed E-state index contributed by atoms with van der Waals surface area (Å²) in [4.78, 5) is 11.4. The third-order valence-electron chi connectivity index (χ3n) is 2.37. The van der Waals surface area contributed by atoms with Gasteiger partial charge in [-0.05, 0) is 24.1 Å². The van der Waals surface area contributed by atoms with Crippen molar-refractivity contribution in [1.29, 1.82) is 0 Å². The fourth-order valence-corrected chi connectivity index (χ4v) is 1.74. The van der Waals surface area contributed by atoms with Crippen molar-refractivity contribution in [2.24, 2.45) is 0 Å². The van der Waals surface area contributed by atoms with E-state index in [0.29, 0.717) is 11.3 Å². The first-order valence-corrected chi connectivity index (χ1v) is 4.47. The molecule has 0 saturated carbocycles. The van der Waals surface area contributed by atoms with Gasteiger partial charge in [0.25, 0.3) is 0 Å². The monoisotopic (exact) mass is 192 g/mol. The van der Waals surface area contributed by atoms with Gasteiger partial charge in [0.2, 0.25) is 0 Å². The van der Waals surface area contributed by atoms with Crippen LogP contribution >= 0.6 is 0 Å². The number of hydrogen-bond acceptors (Lipinski definition) is 4. The normalized spacial score (nSPS) is 13.2. The van der Waals surface area contributed by atoms with Gasteiger partial charge >= 0.3 is 5.97 Å². The van der Waals surface area contributed by atoms with Crippen LogP contribution in [0.15, 0.2) is 12.1 Å². The van der Waals surface area contributed by atoms with Crippen molar-refractivity contribution < 1.29 is 9.53 Å². The molecule has 0 unspecified atom stereocenters. The molecule has 0 spiro atoms. The molecule has 0 aliphatic carbocycles. The molecule has 0 radical (unpaired) electrons. The Balaban J connectivity index is 2.54. The minimum Gasteiger partial charge on any atom is -0.465 e. The summed E-state index contributed by atoms with van der Waals surface area (Å²) in [6.07, 6.45) is 0.847. The van der Waals surface area contributed by atoms with Crippen LogP contribution in [-0.4, -0.2) is 19.6 Å². The van der Waals surface area contributed by atoms with E-state index in [9.17, 15) is 4.79 Å². The Morgan fingerprint density at radius 1 is 1.57 bits per heavy atom. The van der Waals surface area contributed by atoms with Crippen molar-refractivity contribution in [2.75, 3.05) is 24.7 Å². The summed E-state index contributed by atoms with van der Waals surface area (Å²) in [6.45, 7) is 0.850. The summed E-state index contributed by atoms with van der Waals surface area (Å²) < 4.78 is 4.69. The molecule has 3 N–H and O–H groups in total. The number of ether oxygens (including phenoxy) is 1. The summed E-state index contributed by atoms with van der Waals surface area (Å²) in [5.41, 5.74) is 8.79. The number of rotatable bonds is 1. The lowest BCUT2D eigenvalue weighted by Gasteiger charge is -2.07. The van der Waals surface area contributed by atoms with Crippen LogP contribution < -0.4 is 11.1 Å². The Morgan fingerprint density at radius 3 is 3.07 bits per heavy atom. The zero-order valence-corrected chi connectivity index (χ0v) is 7.96. The number of nitrogens with one attached hydrogen (secondary N) is 1. The number of benzene rings is 1. The fraction of sp³-hybridized carbons (Fsp3) is 0.300. The van der Waals surface area contributed by atoms with Crippen LogP contribution in [0.4, 0.5) is 11.4 Å². The summed E-state index contributed by atoms with van der Waals surface area (Å²) in [7, 11) is 1.38. The standard InChI is InChI=1S/C10H12N2O2/c1-14-10(13)8-4-6(11)5-9-7(8)2-3-12-9/h4-5,12H,2-3,11H2,1H3. The first kappa shape index (κ1) is 8.87. The van der Waals surface area contributed by atoms with Gasteiger partial charge in [0.15, 0.2) is 0 Å². The van der Waals surface area contributed by atoms with E-state index in [1.807, 2.05) is 6.07 Å². The molecule has 1 aromatic rings. The average molecular weight is 192 g/mol. The molecule has 1 heterocycles. The number of fused-ring (bicyclic) bond motifs is 1. The van der Waals surface area contributed by atoms with E-state index in [-0.39, 0.29) is 5.97 Å². The van der Waals surface area contributed by atoms with Crippen molar-refractivity contribution in [3.8, 4) is 0 Å². The number of anilines is 2. The Bertz CT molecular complexity index is 388. The molecular weight excluding hydrogens is 180 g/mol. The van der Waals surface area contributed by atoms with Gasteiger partial charge in [-0.25, -0.2) is 4.79 Å².